The van der Waals surface area contributed by atoms with E-state index in [4.69, 9.17) is 5.11 Å². The van der Waals surface area contributed by atoms with Gasteiger partial charge in [-0.3, -0.25) is 4.79 Å². The van der Waals surface area contributed by atoms with Crippen LogP contribution in [0.1, 0.15) is 23.7 Å². The number of carbonyl (C=O) groups is 2. The van der Waals surface area contributed by atoms with Crippen molar-refractivity contribution < 1.29 is 27.9 Å². The molecule has 0 aromatic heterocycles. The first-order chi connectivity index (χ1) is 9.84. The molecule has 1 aromatic rings. The van der Waals surface area contributed by atoms with Crippen LogP contribution >= 0.6 is 0 Å². The SMILES string of the molecule is CCCN(CC(=O)OC)S(=O)(=O)c1ccccc1C(=O)O. The van der Waals surface area contributed by atoms with Gasteiger partial charge in [0.1, 0.15) is 6.54 Å². The van der Waals surface area contributed by atoms with Gasteiger partial charge in [0.05, 0.1) is 17.6 Å². The molecule has 7 nitrogen and oxygen atoms in total. The second-order valence-electron chi connectivity index (χ2n) is 4.22. The summed E-state index contributed by atoms with van der Waals surface area (Å²) in [5.41, 5.74) is -0.330. The van der Waals surface area contributed by atoms with Gasteiger partial charge in [-0.15, -0.1) is 0 Å². The summed E-state index contributed by atoms with van der Waals surface area (Å²) in [6.45, 7) is 1.38. The second-order valence-corrected chi connectivity index (χ2v) is 6.12. The summed E-state index contributed by atoms with van der Waals surface area (Å²) >= 11 is 0. The number of aromatic carboxylic acids is 1. The minimum absolute atomic E-state index is 0.0887. The smallest absolute Gasteiger partial charge is 0.337 e. The molecular weight excluding hydrogens is 298 g/mol. The Kier molecular flexibility index (Phi) is 5.86. The van der Waals surface area contributed by atoms with Crippen molar-refractivity contribution in [3.63, 3.8) is 0 Å². The zero-order chi connectivity index (χ0) is 16.0. The van der Waals surface area contributed by atoms with Gasteiger partial charge in [-0.05, 0) is 18.6 Å². The third-order valence-corrected chi connectivity index (χ3v) is 4.64. The van der Waals surface area contributed by atoms with Gasteiger partial charge in [0.2, 0.25) is 10.0 Å². The third kappa shape index (κ3) is 4.02. The number of ether oxygens (including phenoxy) is 1. The topological polar surface area (TPSA) is 101 Å². The highest BCUT2D eigenvalue weighted by Gasteiger charge is 2.30. The first-order valence-corrected chi connectivity index (χ1v) is 7.67. The first kappa shape index (κ1) is 17.1. The minimum Gasteiger partial charge on any atom is -0.478 e. The first-order valence-electron chi connectivity index (χ1n) is 6.23. The molecule has 21 heavy (non-hydrogen) atoms. The summed E-state index contributed by atoms with van der Waals surface area (Å²) in [4.78, 5) is 22.2. The molecule has 0 radical (unpaired) electrons. The Labute approximate surface area is 123 Å². The normalized spacial score (nSPS) is 11.4. The van der Waals surface area contributed by atoms with Crippen molar-refractivity contribution >= 4 is 22.0 Å². The van der Waals surface area contributed by atoms with E-state index in [0.29, 0.717) is 6.42 Å². The molecule has 0 amide bonds. The van der Waals surface area contributed by atoms with Crippen molar-refractivity contribution in [3.05, 3.63) is 29.8 Å². The number of benzene rings is 1. The molecule has 0 unspecified atom stereocenters. The average Bonchev–Trinajstić information content (AvgIpc) is 2.46. The van der Waals surface area contributed by atoms with Gasteiger partial charge in [0, 0.05) is 6.54 Å². The Bertz CT molecular complexity index is 625. The van der Waals surface area contributed by atoms with Crippen molar-refractivity contribution in [3.8, 4) is 0 Å². The highest BCUT2D eigenvalue weighted by Crippen LogP contribution is 2.20. The lowest BCUT2D eigenvalue weighted by atomic mass is 10.2. The Balaban J connectivity index is 3.29. The van der Waals surface area contributed by atoms with Crippen LogP contribution in [0.4, 0.5) is 0 Å². The third-order valence-electron chi connectivity index (χ3n) is 2.74. The minimum atomic E-state index is -4.09. The molecule has 116 valence electrons. The van der Waals surface area contributed by atoms with Gasteiger partial charge >= 0.3 is 11.9 Å². The molecule has 0 aliphatic carbocycles. The van der Waals surface area contributed by atoms with E-state index in [2.05, 4.69) is 4.74 Å². The number of sulfonamides is 1. The summed E-state index contributed by atoms with van der Waals surface area (Å²) in [5.74, 6) is -2.05. The molecule has 0 bridgehead atoms. The van der Waals surface area contributed by atoms with E-state index in [1.807, 2.05) is 0 Å². The van der Waals surface area contributed by atoms with Gasteiger partial charge in [-0.2, -0.15) is 4.31 Å². The van der Waals surface area contributed by atoms with Crippen LogP contribution in [0, 0.1) is 0 Å². The Hall–Kier alpha value is -1.93. The van der Waals surface area contributed by atoms with E-state index in [-0.39, 0.29) is 17.0 Å². The standard InChI is InChI=1S/C13H17NO6S/c1-3-8-14(9-12(15)20-2)21(18,19)11-7-5-4-6-10(11)13(16)17/h4-7H,3,8-9H2,1-2H3,(H,16,17). The molecular formula is C13H17NO6S. The summed E-state index contributed by atoms with van der Waals surface area (Å²) in [6.07, 6.45) is 0.478. The van der Waals surface area contributed by atoms with Crippen LogP contribution in [0.5, 0.6) is 0 Å². The molecule has 0 saturated heterocycles. The molecule has 0 saturated carbocycles. The molecule has 0 heterocycles. The molecule has 0 aliphatic rings. The highest BCUT2D eigenvalue weighted by atomic mass is 32.2. The van der Waals surface area contributed by atoms with Crippen LogP contribution < -0.4 is 0 Å². The van der Waals surface area contributed by atoms with Gasteiger partial charge < -0.3 is 9.84 Å². The number of carboxylic acid groups (broad SMARTS) is 1. The maximum atomic E-state index is 12.6. The van der Waals surface area contributed by atoms with Gasteiger partial charge in [-0.1, -0.05) is 19.1 Å². The van der Waals surface area contributed by atoms with Crippen molar-refractivity contribution in [2.45, 2.75) is 18.2 Å². The van der Waals surface area contributed by atoms with E-state index in [1.165, 1.54) is 24.3 Å². The van der Waals surface area contributed by atoms with Crippen molar-refractivity contribution in [1.82, 2.24) is 4.31 Å². The van der Waals surface area contributed by atoms with E-state index < -0.39 is 28.5 Å². The lowest BCUT2D eigenvalue weighted by Gasteiger charge is -2.21. The lowest BCUT2D eigenvalue weighted by Crippen LogP contribution is -2.37. The van der Waals surface area contributed by atoms with E-state index in [0.717, 1.165) is 11.4 Å². The van der Waals surface area contributed by atoms with Crippen LogP contribution in [0.15, 0.2) is 29.2 Å². The fraction of sp³-hybridized carbons (Fsp3) is 0.385. The fourth-order valence-electron chi connectivity index (χ4n) is 1.75. The molecule has 0 spiro atoms. The van der Waals surface area contributed by atoms with Crippen LogP contribution in [-0.4, -0.2) is 50.0 Å². The number of carboxylic acids is 1. The van der Waals surface area contributed by atoms with Crippen LogP contribution in [0.25, 0.3) is 0 Å². The zero-order valence-corrected chi connectivity index (χ0v) is 12.6. The summed E-state index contributed by atoms with van der Waals surface area (Å²) < 4.78 is 30.5. The maximum absolute atomic E-state index is 12.6. The predicted octanol–water partition coefficient (Wildman–Crippen LogP) is 0.958. The fourth-order valence-corrected chi connectivity index (χ4v) is 3.41. The highest BCUT2D eigenvalue weighted by molar-refractivity contribution is 7.89. The quantitative estimate of drug-likeness (QED) is 0.752. The summed E-state index contributed by atoms with van der Waals surface area (Å²) in [7, 11) is -2.94. The number of rotatable bonds is 7. The lowest BCUT2D eigenvalue weighted by molar-refractivity contribution is -0.140. The number of carbonyl (C=O) groups excluding carboxylic acids is 1. The molecule has 0 aliphatic heterocycles. The molecule has 0 atom stereocenters. The van der Waals surface area contributed by atoms with E-state index >= 15 is 0 Å². The van der Waals surface area contributed by atoms with Crippen LogP contribution in [0.2, 0.25) is 0 Å². The largest absolute Gasteiger partial charge is 0.478 e. The second kappa shape index (κ2) is 7.19. The zero-order valence-electron chi connectivity index (χ0n) is 11.8. The summed E-state index contributed by atoms with van der Waals surface area (Å²) in [6, 6.07) is 5.28. The van der Waals surface area contributed by atoms with E-state index in [9.17, 15) is 18.0 Å². The number of methoxy groups -OCH3 is 1. The van der Waals surface area contributed by atoms with Crippen molar-refractivity contribution in [2.75, 3.05) is 20.2 Å². The van der Waals surface area contributed by atoms with Gasteiger partial charge in [0.15, 0.2) is 0 Å². The van der Waals surface area contributed by atoms with Crippen molar-refractivity contribution in [2.24, 2.45) is 0 Å². The maximum Gasteiger partial charge on any atom is 0.337 e. The molecule has 0 fully saturated rings. The number of esters is 1. The Morgan fingerprint density at radius 1 is 1.29 bits per heavy atom. The number of nitrogens with zero attached hydrogens (tertiary/aromatic N) is 1. The molecule has 1 aromatic carbocycles. The Morgan fingerprint density at radius 3 is 2.43 bits per heavy atom. The summed E-state index contributed by atoms with van der Waals surface area (Å²) in [5, 5.41) is 9.09. The monoisotopic (exact) mass is 315 g/mol. The van der Waals surface area contributed by atoms with Crippen LogP contribution in [-0.2, 0) is 19.6 Å². The van der Waals surface area contributed by atoms with E-state index in [1.54, 1.807) is 6.92 Å². The van der Waals surface area contributed by atoms with Gasteiger partial charge in [0.25, 0.3) is 0 Å². The van der Waals surface area contributed by atoms with Crippen LogP contribution in [0.3, 0.4) is 0 Å². The van der Waals surface area contributed by atoms with Gasteiger partial charge in [-0.25, -0.2) is 13.2 Å². The van der Waals surface area contributed by atoms with Crippen molar-refractivity contribution in [1.29, 1.82) is 0 Å². The molecule has 1 N–H and O–H groups in total. The average molecular weight is 315 g/mol. The Morgan fingerprint density at radius 2 is 1.90 bits per heavy atom. The predicted molar refractivity (Wildman–Crippen MR) is 74.5 cm³/mol. The molecule has 8 heteroatoms. The molecule has 1 rings (SSSR count). The number of hydrogen-bond acceptors (Lipinski definition) is 5. The number of hydrogen-bond donors (Lipinski definition) is 1.